The van der Waals surface area contributed by atoms with Crippen LogP contribution in [0.3, 0.4) is 0 Å². The molecule has 0 radical (unpaired) electrons. The highest BCUT2D eigenvalue weighted by Crippen LogP contribution is 2.31. The van der Waals surface area contributed by atoms with Gasteiger partial charge in [0.25, 0.3) is 0 Å². The van der Waals surface area contributed by atoms with Crippen molar-refractivity contribution in [1.82, 2.24) is 9.88 Å². The third-order valence-electron chi connectivity index (χ3n) is 4.83. The Morgan fingerprint density at radius 3 is 2.46 bits per heavy atom. The smallest absolute Gasteiger partial charge is 0.321 e. The van der Waals surface area contributed by atoms with E-state index in [2.05, 4.69) is 35.3 Å². The van der Waals surface area contributed by atoms with Crippen LogP contribution in [0.5, 0.6) is 0 Å². The minimum absolute atomic E-state index is 0.0286. The van der Waals surface area contributed by atoms with Crippen molar-refractivity contribution in [3.05, 3.63) is 53.6 Å². The normalized spacial score (nSPS) is 14.7. The first-order valence-corrected chi connectivity index (χ1v) is 9.66. The summed E-state index contributed by atoms with van der Waals surface area (Å²) in [6.07, 6.45) is 0. The number of piperazine rings is 1. The average molecular weight is 366 g/mol. The number of rotatable bonds is 2. The van der Waals surface area contributed by atoms with Crippen LogP contribution < -0.4 is 10.2 Å². The van der Waals surface area contributed by atoms with Gasteiger partial charge in [0.15, 0.2) is 5.13 Å². The predicted octanol–water partition coefficient (Wildman–Crippen LogP) is 4.27. The van der Waals surface area contributed by atoms with Gasteiger partial charge in [-0.2, -0.15) is 0 Å². The van der Waals surface area contributed by atoms with Gasteiger partial charge in [0.1, 0.15) is 0 Å². The van der Waals surface area contributed by atoms with E-state index in [1.54, 1.807) is 11.3 Å². The first-order valence-electron chi connectivity index (χ1n) is 8.84. The molecule has 2 heterocycles. The van der Waals surface area contributed by atoms with Crippen LogP contribution in [0, 0.1) is 13.8 Å². The van der Waals surface area contributed by atoms with Gasteiger partial charge in [-0.3, -0.25) is 0 Å². The standard InChI is InChI=1S/C20H22N4OS/c1-14-6-3-4-8-16(14)21-19(25)23-10-12-24(13-11-23)20-22-18-15(2)7-5-9-17(18)26-20/h3-9H,10-13H2,1-2H3,(H,21,25). The maximum Gasteiger partial charge on any atom is 0.321 e. The van der Waals surface area contributed by atoms with Gasteiger partial charge in [0.2, 0.25) is 0 Å². The zero-order valence-electron chi connectivity index (χ0n) is 15.0. The van der Waals surface area contributed by atoms with Crippen LogP contribution in [-0.2, 0) is 0 Å². The number of urea groups is 1. The van der Waals surface area contributed by atoms with Crippen molar-refractivity contribution in [2.45, 2.75) is 13.8 Å². The van der Waals surface area contributed by atoms with E-state index in [4.69, 9.17) is 4.98 Å². The second-order valence-corrected chi connectivity index (χ2v) is 7.65. The van der Waals surface area contributed by atoms with Gasteiger partial charge in [-0.25, -0.2) is 9.78 Å². The third-order valence-corrected chi connectivity index (χ3v) is 5.91. The molecule has 1 saturated heterocycles. The number of carbonyl (C=O) groups excluding carboxylic acids is 1. The first kappa shape index (κ1) is 16.8. The van der Waals surface area contributed by atoms with Gasteiger partial charge in [-0.1, -0.05) is 41.7 Å². The van der Waals surface area contributed by atoms with Gasteiger partial charge in [-0.15, -0.1) is 0 Å². The van der Waals surface area contributed by atoms with Crippen LogP contribution in [0.25, 0.3) is 10.2 Å². The van der Waals surface area contributed by atoms with Crippen LogP contribution in [0.15, 0.2) is 42.5 Å². The molecule has 2 aromatic carbocycles. The van der Waals surface area contributed by atoms with Crippen molar-refractivity contribution in [3.63, 3.8) is 0 Å². The summed E-state index contributed by atoms with van der Waals surface area (Å²) in [5.74, 6) is 0. The van der Waals surface area contributed by atoms with Crippen LogP contribution in [-0.4, -0.2) is 42.1 Å². The van der Waals surface area contributed by atoms with Crippen molar-refractivity contribution in [2.24, 2.45) is 0 Å². The lowest BCUT2D eigenvalue weighted by atomic mass is 10.2. The molecule has 134 valence electrons. The van der Waals surface area contributed by atoms with Crippen LogP contribution in [0.2, 0.25) is 0 Å². The lowest BCUT2D eigenvalue weighted by Gasteiger charge is -2.34. The largest absolute Gasteiger partial charge is 0.345 e. The quantitative estimate of drug-likeness (QED) is 0.737. The average Bonchev–Trinajstić information content (AvgIpc) is 3.09. The Morgan fingerprint density at radius 1 is 1.00 bits per heavy atom. The first-order chi connectivity index (χ1) is 12.6. The van der Waals surface area contributed by atoms with Crippen LogP contribution in [0.1, 0.15) is 11.1 Å². The van der Waals surface area contributed by atoms with Gasteiger partial charge in [0.05, 0.1) is 10.2 Å². The highest BCUT2D eigenvalue weighted by molar-refractivity contribution is 7.22. The minimum Gasteiger partial charge on any atom is -0.345 e. The Balaban J connectivity index is 1.41. The second-order valence-electron chi connectivity index (χ2n) is 6.64. The molecule has 0 unspecified atom stereocenters. The Bertz CT molecular complexity index is 944. The van der Waals surface area contributed by atoms with E-state index >= 15 is 0 Å². The van der Waals surface area contributed by atoms with Crippen LogP contribution >= 0.6 is 11.3 Å². The minimum atomic E-state index is -0.0286. The SMILES string of the molecule is Cc1ccccc1NC(=O)N1CCN(c2nc3c(C)cccc3s2)CC1. The summed E-state index contributed by atoms with van der Waals surface area (Å²) >= 11 is 1.73. The fourth-order valence-corrected chi connectivity index (χ4v) is 4.31. The number of fused-ring (bicyclic) bond motifs is 1. The molecule has 4 rings (SSSR count). The molecule has 3 aromatic rings. The third kappa shape index (κ3) is 3.24. The Morgan fingerprint density at radius 2 is 1.73 bits per heavy atom. The van der Waals surface area contributed by atoms with E-state index < -0.39 is 0 Å². The molecule has 26 heavy (non-hydrogen) atoms. The number of nitrogens with one attached hydrogen (secondary N) is 1. The maximum absolute atomic E-state index is 12.5. The number of thiazole rings is 1. The Hall–Kier alpha value is -2.60. The van der Waals surface area contributed by atoms with E-state index in [9.17, 15) is 4.79 Å². The molecule has 2 amide bonds. The number of hydrogen-bond acceptors (Lipinski definition) is 4. The molecular weight excluding hydrogens is 344 g/mol. The van der Waals surface area contributed by atoms with Crippen molar-refractivity contribution in [2.75, 3.05) is 36.4 Å². The van der Waals surface area contributed by atoms with Crippen LogP contribution in [0.4, 0.5) is 15.6 Å². The predicted molar refractivity (Wildman–Crippen MR) is 108 cm³/mol. The maximum atomic E-state index is 12.5. The number of aromatic nitrogens is 1. The fraction of sp³-hybridized carbons (Fsp3) is 0.300. The number of anilines is 2. The monoisotopic (exact) mass is 366 g/mol. The molecule has 0 spiro atoms. The molecule has 1 aliphatic heterocycles. The molecule has 1 fully saturated rings. The van der Waals surface area contributed by atoms with E-state index in [0.717, 1.165) is 35.0 Å². The molecule has 0 aliphatic carbocycles. The van der Waals surface area contributed by atoms with Gasteiger partial charge >= 0.3 is 6.03 Å². The zero-order valence-corrected chi connectivity index (χ0v) is 15.8. The molecule has 1 aromatic heterocycles. The summed E-state index contributed by atoms with van der Waals surface area (Å²) < 4.78 is 1.22. The molecule has 1 aliphatic rings. The van der Waals surface area contributed by atoms with Crippen molar-refractivity contribution in [1.29, 1.82) is 0 Å². The number of amides is 2. The Kier molecular flexibility index (Phi) is 4.51. The molecular formula is C20H22N4OS. The molecule has 1 N–H and O–H groups in total. The number of nitrogens with zero attached hydrogens (tertiary/aromatic N) is 3. The highest BCUT2D eigenvalue weighted by Gasteiger charge is 2.23. The lowest BCUT2D eigenvalue weighted by Crippen LogP contribution is -2.50. The van der Waals surface area contributed by atoms with Crippen molar-refractivity contribution in [3.8, 4) is 0 Å². The zero-order chi connectivity index (χ0) is 18.1. The summed E-state index contributed by atoms with van der Waals surface area (Å²) in [7, 11) is 0. The second kappa shape index (κ2) is 6.96. The van der Waals surface area contributed by atoms with E-state index in [1.807, 2.05) is 36.1 Å². The molecule has 0 bridgehead atoms. The van der Waals surface area contributed by atoms with Crippen molar-refractivity contribution < 1.29 is 4.79 Å². The number of carbonyl (C=O) groups is 1. The van der Waals surface area contributed by atoms with Gasteiger partial charge in [-0.05, 0) is 37.1 Å². The van der Waals surface area contributed by atoms with E-state index in [-0.39, 0.29) is 6.03 Å². The lowest BCUT2D eigenvalue weighted by molar-refractivity contribution is 0.208. The molecule has 0 saturated carbocycles. The summed E-state index contributed by atoms with van der Waals surface area (Å²) in [5.41, 5.74) is 4.25. The number of benzene rings is 2. The van der Waals surface area contributed by atoms with Gasteiger partial charge in [0, 0.05) is 31.9 Å². The van der Waals surface area contributed by atoms with Crippen molar-refractivity contribution >= 4 is 38.4 Å². The summed E-state index contributed by atoms with van der Waals surface area (Å²) in [6.45, 7) is 7.11. The molecule has 6 heteroatoms. The van der Waals surface area contributed by atoms with E-state index in [0.29, 0.717) is 13.1 Å². The molecule has 5 nitrogen and oxygen atoms in total. The summed E-state index contributed by atoms with van der Waals surface area (Å²) in [6, 6.07) is 14.1. The Labute approximate surface area is 157 Å². The highest BCUT2D eigenvalue weighted by atomic mass is 32.1. The number of para-hydroxylation sites is 2. The summed E-state index contributed by atoms with van der Waals surface area (Å²) in [4.78, 5) is 21.5. The van der Waals surface area contributed by atoms with Gasteiger partial charge < -0.3 is 15.1 Å². The number of hydrogen-bond donors (Lipinski definition) is 1. The summed E-state index contributed by atoms with van der Waals surface area (Å²) in [5, 5.41) is 4.07. The fourth-order valence-electron chi connectivity index (χ4n) is 3.22. The topological polar surface area (TPSA) is 48.5 Å². The number of aryl methyl sites for hydroxylation is 2. The molecule has 0 atom stereocenters. The van der Waals surface area contributed by atoms with E-state index in [1.165, 1.54) is 10.3 Å².